The summed E-state index contributed by atoms with van der Waals surface area (Å²) in [4.78, 5) is 5.04. The van der Waals surface area contributed by atoms with Crippen molar-refractivity contribution >= 4 is 10.0 Å². The van der Waals surface area contributed by atoms with E-state index in [4.69, 9.17) is 0 Å². The van der Waals surface area contributed by atoms with Gasteiger partial charge in [0.05, 0.1) is 5.75 Å². The Bertz CT molecular complexity index is 1100. The Kier molecular flexibility index (Phi) is 6.73. The second-order valence-corrected chi connectivity index (χ2v) is 12.5. The Labute approximate surface area is 204 Å². The number of likely N-dealkylation sites (N-methyl/N-ethyl adjacent to an activating group) is 2. The van der Waals surface area contributed by atoms with Crippen molar-refractivity contribution in [3.63, 3.8) is 0 Å². The third-order valence-corrected chi connectivity index (χ3v) is 10.2. The van der Waals surface area contributed by atoms with E-state index in [9.17, 15) is 13.5 Å². The molecule has 1 N–H and O–H groups in total. The van der Waals surface area contributed by atoms with E-state index in [0.29, 0.717) is 42.8 Å². The molecule has 2 aliphatic heterocycles. The Hall–Kier alpha value is -1.93. The summed E-state index contributed by atoms with van der Waals surface area (Å²) < 4.78 is 27.6. The number of phenols is 1. The smallest absolute Gasteiger partial charge is 0.218 e. The summed E-state index contributed by atoms with van der Waals surface area (Å²) >= 11 is 0. The van der Waals surface area contributed by atoms with Crippen molar-refractivity contribution in [2.45, 2.75) is 49.4 Å². The number of sulfonamides is 1. The first kappa shape index (κ1) is 23.8. The maximum absolute atomic E-state index is 12.9. The number of benzene rings is 2. The van der Waals surface area contributed by atoms with E-state index >= 15 is 0 Å². The highest BCUT2D eigenvalue weighted by Gasteiger charge is 2.44. The predicted molar refractivity (Wildman–Crippen MR) is 135 cm³/mol. The number of phenolic OH excluding ortho intramolecular Hbond substituents is 1. The topological polar surface area (TPSA) is 64.1 Å². The Balaban J connectivity index is 1.23. The van der Waals surface area contributed by atoms with Gasteiger partial charge in [-0.05, 0) is 81.1 Å². The van der Waals surface area contributed by atoms with Gasteiger partial charge in [0, 0.05) is 37.6 Å². The van der Waals surface area contributed by atoms with Crippen molar-refractivity contribution in [1.29, 1.82) is 0 Å². The van der Waals surface area contributed by atoms with Gasteiger partial charge in [-0.2, -0.15) is 0 Å². The van der Waals surface area contributed by atoms with Gasteiger partial charge in [0.25, 0.3) is 0 Å². The summed E-state index contributed by atoms with van der Waals surface area (Å²) in [6.45, 7) is 3.31. The fraction of sp³-hybridized carbons (Fsp3) is 0.556. The largest absolute Gasteiger partial charge is 0.508 e. The quantitative estimate of drug-likeness (QED) is 0.683. The minimum absolute atomic E-state index is 0.0857. The molecule has 7 heteroatoms. The molecule has 6 nitrogen and oxygen atoms in total. The molecule has 2 aromatic carbocycles. The second kappa shape index (κ2) is 9.61. The maximum atomic E-state index is 12.9. The number of hydrogen-bond acceptors (Lipinski definition) is 5. The molecule has 2 fully saturated rings. The molecule has 2 bridgehead atoms. The molecule has 0 spiro atoms. The number of likely N-dealkylation sites (tertiary alicyclic amines) is 1. The number of aromatic hydroxyl groups is 1. The normalized spacial score (nSPS) is 26.5. The van der Waals surface area contributed by atoms with E-state index in [1.54, 1.807) is 4.31 Å². The van der Waals surface area contributed by atoms with Crippen LogP contribution in [0.1, 0.15) is 41.9 Å². The van der Waals surface area contributed by atoms with Gasteiger partial charge >= 0.3 is 0 Å². The first-order valence-corrected chi connectivity index (χ1v) is 14.2. The highest BCUT2D eigenvalue weighted by molar-refractivity contribution is 7.88. The van der Waals surface area contributed by atoms with Crippen LogP contribution in [0.3, 0.4) is 0 Å². The molecule has 2 heterocycles. The van der Waals surface area contributed by atoms with Crippen LogP contribution in [0.4, 0.5) is 0 Å². The molecule has 0 aromatic heterocycles. The van der Waals surface area contributed by atoms with Crippen LogP contribution < -0.4 is 0 Å². The maximum Gasteiger partial charge on any atom is 0.218 e. The van der Waals surface area contributed by atoms with E-state index < -0.39 is 10.0 Å². The van der Waals surface area contributed by atoms with Gasteiger partial charge in [-0.3, -0.25) is 0 Å². The van der Waals surface area contributed by atoms with Gasteiger partial charge in [-0.15, -0.1) is 0 Å². The summed E-state index contributed by atoms with van der Waals surface area (Å²) in [5, 5.41) is 10.1. The van der Waals surface area contributed by atoms with Crippen molar-refractivity contribution < 1.29 is 13.5 Å². The fourth-order valence-electron chi connectivity index (χ4n) is 6.54. The van der Waals surface area contributed by atoms with Gasteiger partial charge in [0.15, 0.2) is 0 Å². The zero-order valence-corrected chi connectivity index (χ0v) is 21.1. The highest BCUT2D eigenvalue weighted by Crippen LogP contribution is 2.43. The van der Waals surface area contributed by atoms with Crippen molar-refractivity contribution in [3.8, 4) is 5.75 Å². The minimum atomic E-state index is -3.28. The van der Waals surface area contributed by atoms with Crippen molar-refractivity contribution in [2.75, 3.05) is 40.3 Å². The highest BCUT2D eigenvalue weighted by atomic mass is 32.2. The summed E-state index contributed by atoms with van der Waals surface area (Å²) in [6, 6.07) is 16.3. The fourth-order valence-corrected chi connectivity index (χ4v) is 8.10. The average molecular weight is 484 g/mol. The van der Waals surface area contributed by atoms with Gasteiger partial charge in [-0.1, -0.05) is 36.4 Å². The van der Waals surface area contributed by atoms with Crippen LogP contribution in [0.2, 0.25) is 0 Å². The molecule has 184 valence electrons. The zero-order chi connectivity index (χ0) is 23.9. The van der Waals surface area contributed by atoms with Gasteiger partial charge < -0.3 is 14.9 Å². The van der Waals surface area contributed by atoms with Gasteiger partial charge in [0.1, 0.15) is 5.75 Å². The molecular weight excluding hydrogens is 446 g/mol. The molecule has 5 rings (SSSR count). The third-order valence-electron chi connectivity index (χ3n) is 8.34. The van der Waals surface area contributed by atoms with Crippen molar-refractivity contribution in [3.05, 3.63) is 65.2 Å². The molecule has 3 aliphatic rings. The summed E-state index contributed by atoms with van der Waals surface area (Å²) in [6.07, 6.45) is 3.95. The Morgan fingerprint density at radius 1 is 1.03 bits per heavy atom. The first-order valence-electron chi connectivity index (χ1n) is 12.6. The number of piperidine rings is 2. The van der Waals surface area contributed by atoms with Crippen LogP contribution in [-0.4, -0.2) is 80.0 Å². The number of hydrogen-bond donors (Lipinski definition) is 1. The summed E-state index contributed by atoms with van der Waals surface area (Å²) in [7, 11) is 1.21. The second-order valence-electron chi connectivity index (χ2n) is 10.5. The van der Waals surface area contributed by atoms with Crippen LogP contribution in [0.15, 0.2) is 48.5 Å². The van der Waals surface area contributed by atoms with Crippen molar-refractivity contribution in [2.24, 2.45) is 5.92 Å². The summed E-state index contributed by atoms with van der Waals surface area (Å²) in [5.41, 5.74) is 3.55. The number of fused-ring (bicyclic) bond motifs is 4. The average Bonchev–Trinajstić information content (AvgIpc) is 2.82. The molecule has 1 aliphatic carbocycles. The van der Waals surface area contributed by atoms with E-state index in [2.05, 4.69) is 30.0 Å². The monoisotopic (exact) mass is 483 g/mol. The first-order chi connectivity index (χ1) is 16.3. The Morgan fingerprint density at radius 2 is 1.76 bits per heavy atom. The standard InChI is InChI=1S/C27H37N3O3S/c1-28-13-12-24-25-17-23(31)9-8-22(25)16-26(28)27(24)29(2)18-20-10-14-30(15-11-20)34(32,33)19-21-6-4-3-5-7-21/h3-9,17,20,24,26-27,31H,10-16,18-19H2,1-2H3. The van der Waals surface area contributed by atoms with Crippen LogP contribution >= 0.6 is 0 Å². The molecule has 34 heavy (non-hydrogen) atoms. The van der Waals surface area contributed by atoms with Crippen LogP contribution in [0.25, 0.3) is 0 Å². The van der Waals surface area contributed by atoms with Gasteiger partial charge in [0.2, 0.25) is 10.0 Å². The van der Waals surface area contributed by atoms with E-state index in [0.717, 1.165) is 44.3 Å². The lowest BCUT2D eigenvalue weighted by Crippen LogP contribution is -2.60. The SMILES string of the molecule is CN1CCC2c3cc(O)ccc3CC1C2N(C)CC1CCN(S(=O)(=O)Cc2ccccc2)CC1. The zero-order valence-electron chi connectivity index (χ0n) is 20.3. The van der Waals surface area contributed by atoms with E-state index in [1.165, 1.54) is 11.1 Å². The number of rotatable bonds is 6. The van der Waals surface area contributed by atoms with Gasteiger partial charge in [-0.25, -0.2) is 12.7 Å². The number of nitrogens with zero attached hydrogens (tertiary/aromatic N) is 3. The molecule has 3 atom stereocenters. The van der Waals surface area contributed by atoms with Crippen molar-refractivity contribution in [1.82, 2.24) is 14.1 Å². The summed E-state index contributed by atoms with van der Waals surface area (Å²) in [5.74, 6) is 1.39. The van der Waals surface area contributed by atoms with E-state index in [-0.39, 0.29) is 5.75 Å². The van der Waals surface area contributed by atoms with Crippen LogP contribution in [0, 0.1) is 5.92 Å². The third kappa shape index (κ3) is 4.76. The van der Waals surface area contributed by atoms with E-state index in [1.807, 2.05) is 42.5 Å². The van der Waals surface area contributed by atoms with Crippen LogP contribution in [-0.2, 0) is 22.2 Å². The molecular formula is C27H37N3O3S. The molecule has 2 saturated heterocycles. The molecule has 0 radical (unpaired) electrons. The molecule has 2 aromatic rings. The lowest BCUT2D eigenvalue weighted by molar-refractivity contribution is 0.0321. The van der Waals surface area contributed by atoms with Crippen LogP contribution in [0.5, 0.6) is 5.75 Å². The molecule has 0 amide bonds. The molecule has 0 saturated carbocycles. The predicted octanol–water partition coefficient (Wildman–Crippen LogP) is 3.28. The minimum Gasteiger partial charge on any atom is -0.508 e. The lowest BCUT2D eigenvalue weighted by Gasteiger charge is -2.52. The lowest BCUT2D eigenvalue weighted by atomic mass is 9.71. The molecule has 3 unspecified atom stereocenters. The Morgan fingerprint density at radius 3 is 2.50 bits per heavy atom.